The Morgan fingerprint density at radius 2 is 1.77 bits per heavy atom. The van der Waals surface area contributed by atoms with Gasteiger partial charge >= 0.3 is 11.7 Å². The zero-order chi connectivity index (χ0) is 18.7. The predicted octanol–water partition coefficient (Wildman–Crippen LogP) is 2.07. The molecule has 0 radical (unpaired) electrons. The van der Waals surface area contributed by atoms with E-state index in [1.165, 1.54) is 4.90 Å². The fourth-order valence-electron chi connectivity index (χ4n) is 3.77. The number of imidazole rings is 1. The molecule has 1 aromatic heterocycles. The Kier molecular flexibility index (Phi) is 5.44. The van der Waals surface area contributed by atoms with Gasteiger partial charge in [-0.1, -0.05) is 19.1 Å². The first kappa shape index (κ1) is 18.2. The first-order valence-corrected chi connectivity index (χ1v) is 9.25. The van der Waals surface area contributed by atoms with Crippen molar-refractivity contribution in [1.82, 2.24) is 14.0 Å². The lowest BCUT2D eigenvalue weighted by Gasteiger charge is -2.33. The van der Waals surface area contributed by atoms with Gasteiger partial charge < -0.3 is 10.0 Å². The van der Waals surface area contributed by atoms with Crippen molar-refractivity contribution in [3.8, 4) is 0 Å². The van der Waals surface area contributed by atoms with Crippen molar-refractivity contribution in [2.75, 3.05) is 6.54 Å². The largest absolute Gasteiger partial charge is 0.480 e. The average molecular weight is 359 g/mol. The van der Waals surface area contributed by atoms with Gasteiger partial charge in [0.1, 0.15) is 6.04 Å². The minimum atomic E-state index is -0.949. The number of benzene rings is 1. The van der Waals surface area contributed by atoms with Gasteiger partial charge in [-0.05, 0) is 37.8 Å². The van der Waals surface area contributed by atoms with E-state index in [0.29, 0.717) is 19.5 Å². The molecule has 0 aliphatic carbocycles. The fraction of sp³-hybridized carbons (Fsp3) is 0.526. The summed E-state index contributed by atoms with van der Waals surface area (Å²) in [6.45, 7) is 3.39. The lowest BCUT2D eigenvalue weighted by atomic mass is 10.0. The van der Waals surface area contributed by atoms with Gasteiger partial charge in [0.25, 0.3) is 0 Å². The van der Waals surface area contributed by atoms with E-state index in [1.54, 1.807) is 9.13 Å². The summed E-state index contributed by atoms with van der Waals surface area (Å²) < 4.78 is 3.36. The van der Waals surface area contributed by atoms with Crippen LogP contribution in [-0.4, -0.2) is 43.6 Å². The number of aryl methyl sites for hydroxylation is 2. The number of aliphatic carboxylic acids is 1. The van der Waals surface area contributed by atoms with Gasteiger partial charge in [-0.2, -0.15) is 0 Å². The van der Waals surface area contributed by atoms with Crippen LogP contribution in [0.5, 0.6) is 0 Å². The van der Waals surface area contributed by atoms with E-state index >= 15 is 0 Å². The predicted molar refractivity (Wildman–Crippen MR) is 98.1 cm³/mol. The Labute approximate surface area is 151 Å². The van der Waals surface area contributed by atoms with Gasteiger partial charge in [0, 0.05) is 26.1 Å². The molecule has 0 saturated carbocycles. The molecule has 1 atom stereocenters. The molecule has 0 unspecified atom stereocenters. The number of para-hydroxylation sites is 2. The summed E-state index contributed by atoms with van der Waals surface area (Å²) in [6, 6.07) is 6.83. The first-order valence-electron chi connectivity index (χ1n) is 9.25. The number of carboxylic acid groups (broad SMARTS) is 1. The summed E-state index contributed by atoms with van der Waals surface area (Å²) >= 11 is 0. The molecule has 1 N–H and O–H groups in total. The van der Waals surface area contributed by atoms with Crippen LogP contribution in [0, 0.1) is 0 Å². The second kappa shape index (κ2) is 7.76. The number of rotatable bonds is 6. The van der Waals surface area contributed by atoms with Crippen LogP contribution < -0.4 is 5.69 Å². The Balaban J connectivity index is 1.81. The molecule has 2 aromatic rings. The van der Waals surface area contributed by atoms with Crippen LogP contribution in [0.1, 0.15) is 39.0 Å². The molecule has 1 fully saturated rings. The number of carboxylic acids is 1. The molecule has 2 heterocycles. The highest BCUT2D eigenvalue weighted by atomic mass is 16.4. The fourth-order valence-corrected chi connectivity index (χ4v) is 3.77. The van der Waals surface area contributed by atoms with Gasteiger partial charge in [-0.3, -0.25) is 13.9 Å². The van der Waals surface area contributed by atoms with Crippen molar-refractivity contribution in [3.63, 3.8) is 0 Å². The van der Waals surface area contributed by atoms with Gasteiger partial charge in [-0.25, -0.2) is 9.59 Å². The highest BCUT2D eigenvalue weighted by molar-refractivity contribution is 5.84. The molecule has 7 nitrogen and oxygen atoms in total. The third kappa shape index (κ3) is 3.38. The van der Waals surface area contributed by atoms with Gasteiger partial charge in [0.05, 0.1) is 11.0 Å². The zero-order valence-corrected chi connectivity index (χ0v) is 15.1. The van der Waals surface area contributed by atoms with Crippen LogP contribution in [0.3, 0.4) is 0 Å². The van der Waals surface area contributed by atoms with Crippen LogP contribution in [-0.2, 0) is 22.7 Å². The van der Waals surface area contributed by atoms with Crippen molar-refractivity contribution < 1.29 is 14.7 Å². The average Bonchev–Trinajstić information content (AvgIpc) is 2.92. The maximum absolute atomic E-state index is 12.7. The van der Waals surface area contributed by atoms with Gasteiger partial charge in [-0.15, -0.1) is 0 Å². The minimum absolute atomic E-state index is 0.116. The molecule has 1 amide bonds. The lowest BCUT2D eigenvalue weighted by Crippen LogP contribution is -2.48. The molecule has 1 aliphatic heterocycles. The Morgan fingerprint density at radius 3 is 2.38 bits per heavy atom. The van der Waals surface area contributed by atoms with Crippen molar-refractivity contribution in [2.24, 2.45) is 0 Å². The van der Waals surface area contributed by atoms with E-state index in [-0.39, 0.29) is 24.6 Å². The number of hydrogen-bond donors (Lipinski definition) is 1. The van der Waals surface area contributed by atoms with Crippen LogP contribution >= 0.6 is 0 Å². The molecule has 1 aromatic carbocycles. The number of aromatic nitrogens is 2. The van der Waals surface area contributed by atoms with Gasteiger partial charge in [0.15, 0.2) is 0 Å². The smallest absolute Gasteiger partial charge is 0.329 e. The number of fused-ring (bicyclic) bond motifs is 1. The van der Waals surface area contributed by atoms with Crippen molar-refractivity contribution in [1.29, 1.82) is 0 Å². The minimum Gasteiger partial charge on any atom is -0.480 e. The molecule has 140 valence electrons. The second-order valence-corrected chi connectivity index (χ2v) is 6.76. The summed E-state index contributed by atoms with van der Waals surface area (Å²) in [5, 5.41) is 9.34. The molecular formula is C19H25N3O4. The molecule has 1 saturated heterocycles. The highest BCUT2D eigenvalue weighted by Gasteiger charge is 2.31. The SMILES string of the molecule is CCCn1c(=O)n(CCC(=O)N2CCCC[C@@H]2C(=O)O)c2ccccc21. The monoisotopic (exact) mass is 359 g/mol. The van der Waals surface area contributed by atoms with Crippen molar-refractivity contribution in [3.05, 3.63) is 34.7 Å². The molecular weight excluding hydrogens is 334 g/mol. The number of likely N-dealkylation sites (tertiary alicyclic amines) is 1. The van der Waals surface area contributed by atoms with E-state index in [1.807, 2.05) is 31.2 Å². The normalized spacial score (nSPS) is 17.6. The number of hydrogen-bond acceptors (Lipinski definition) is 3. The quantitative estimate of drug-likeness (QED) is 0.856. The zero-order valence-electron chi connectivity index (χ0n) is 15.1. The van der Waals surface area contributed by atoms with Crippen LogP contribution in [0.4, 0.5) is 0 Å². The molecule has 3 rings (SSSR count). The second-order valence-electron chi connectivity index (χ2n) is 6.76. The molecule has 7 heteroatoms. The van der Waals surface area contributed by atoms with Crippen LogP contribution in [0.25, 0.3) is 11.0 Å². The van der Waals surface area contributed by atoms with E-state index in [0.717, 1.165) is 30.3 Å². The molecule has 0 spiro atoms. The third-order valence-corrected chi connectivity index (χ3v) is 5.03. The standard InChI is InChI=1S/C19H25N3O4/c1-2-11-21-14-7-3-4-8-15(14)22(19(21)26)13-10-17(23)20-12-6-5-9-16(20)18(24)25/h3-4,7-8,16H,2,5-6,9-13H2,1H3,(H,24,25)/t16-/m1/s1. The van der Waals surface area contributed by atoms with Crippen molar-refractivity contribution >= 4 is 22.9 Å². The summed E-state index contributed by atoms with van der Waals surface area (Å²) in [5.74, 6) is -1.15. The van der Waals surface area contributed by atoms with Gasteiger partial charge in [0.2, 0.25) is 5.91 Å². The Bertz CT molecular complexity index is 867. The Morgan fingerprint density at radius 1 is 1.12 bits per heavy atom. The maximum Gasteiger partial charge on any atom is 0.329 e. The third-order valence-electron chi connectivity index (χ3n) is 5.03. The topological polar surface area (TPSA) is 84.5 Å². The van der Waals surface area contributed by atoms with E-state index in [9.17, 15) is 19.5 Å². The van der Waals surface area contributed by atoms with E-state index in [4.69, 9.17) is 0 Å². The number of carbonyl (C=O) groups excluding carboxylic acids is 1. The summed E-state index contributed by atoms with van der Waals surface area (Å²) in [5.41, 5.74) is 1.56. The molecule has 0 bridgehead atoms. The highest BCUT2D eigenvalue weighted by Crippen LogP contribution is 2.19. The van der Waals surface area contributed by atoms with E-state index in [2.05, 4.69) is 0 Å². The van der Waals surface area contributed by atoms with Crippen LogP contribution in [0.15, 0.2) is 29.1 Å². The summed E-state index contributed by atoms with van der Waals surface area (Å²) in [6.07, 6.45) is 3.12. The lowest BCUT2D eigenvalue weighted by molar-refractivity contribution is -0.152. The molecule has 26 heavy (non-hydrogen) atoms. The first-order chi connectivity index (χ1) is 12.5. The maximum atomic E-state index is 12.7. The number of amides is 1. The number of nitrogens with zero attached hydrogens (tertiary/aromatic N) is 3. The molecule has 1 aliphatic rings. The Hall–Kier alpha value is -2.57. The summed E-state index contributed by atoms with van der Waals surface area (Å²) in [4.78, 5) is 38.2. The number of carbonyl (C=O) groups is 2. The van der Waals surface area contributed by atoms with E-state index < -0.39 is 12.0 Å². The summed E-state index contributed by atoms with van der Waals surface area (Å²) in [7, 11) is 0. The van der Waals surface area contributed by atoms with Crippen molar-refractivity contribution in [2.45, 2.75) is 58.2 Å². The van der Waals surface area contributed by atoms with Crippen LogP contribution in [0.2, 0.25) is 0 Å². The number of piperidine rings is 1.